The summed E-state index contributed by atoms with van der Waals surface area (Å²) in [5.74, 6) is 0.695. The fourth-order valence-electron chi connectivity index (χ4n) is 2.43. The Morgan fingerprint density at radius 1 is 1.24 bits per heavy atom. The van der Waals surface area contributed by atoms with Crippen molar-refractivity contribution in [3.8, 4) is 0 Å². The Kier molecular flexibility index (Phi) is 6.39. The van der Waals surface area contributed by atoms with Crippen LogP contribution in [-0.2, 0) is 9.53 Å². The summed E-state index contributed by atoms with van der Waals surface area (Å²) in [5, 5.41) is 0. The molecule has 102 valence electrons. The first-order chi connectivity index (χ1) is 7.69. The highest BCUT2D eigenvalue weighted by molar-refractivity contribution is 5.85. The molecule has 0 aromatic heterocycles. The number of hydrogen-bond donors (Lipinski definition) is 0. The lowest BCUT2D eigenvalue weighted by atomic mass is 9.67. The Morgan fingerprint density at radius 2 is 1.76 bits per heavy atom. The lowest BCUT2D eigenvalue weighted by molar-refractivity contribution is -0.137. The first-order valence-electron chi connectivity index (χ1n) is 6.72. The van der Waals surface area contributed by atoms with Crippen LogP contribution in [0, 0.1) is 16.7 Å². The maximum absolute atomic E-state index is 12.6. The van der Waals surface area contributed by atoms with Crippen LogP contribution >= 0.6 is 0 Å². The zero-order valence-corrected chi connectivity index (χ0v) is 12.7. The topological polar surface area (TPSA) is 26.3 Å². The van der Waals surface area contributed by atoms with E-state index in [4.69, 9.17) is 4.74 Å². The lowest BCUT2D eigenvalue weighted by Gasteiger charge is -2.37. The van der Waals surface area contributed by atoms with Crippen LogP contribution in [0.5, 0.6) is 0 Å². The van der Waals surface area contributed by atoms with E-state index in [0.717, 1.165) is 12.8 Å². The van der Waals surface area contributed by atoms with E-state index < -0.39 is 0 Å². The highest BCUT2D eigenvalue weighted by Crippen LogP contribution is 2.38. The molecule has 0 N–H and O–H groups in total. The van der Waals surface area contributed by atoms with Gasteiger partial charge in [0.2, 0.25) is 0 Å². The molecule has 2 heteroatoms. The molecule has 0 saturated carbocycles. The zero-order chi connectivity index (χ0) is 13.7. The summed E-state index contributed by atoms with van der Waals surface area (Å²) in [6.45, 7) is 13.3. The van der Waals surface area contributed by atoms with Crippen LogP contribution < -0.4 is 0 Å². The average Bonchev–Trinajstić information content (AvgIpc) is 2.13. The molecule has 1 unspecified atom stereocenters. The van der Waals surface area contributed by atoms with Crippen LogP contribution in [0.3, 0.4) is 0 Å². The normalized spacial score (nSPS) is 16.0. The summed E-state index contributed by atoms with van der Waals surface area (Å²) in [7, 11) is 1.69. The van der Waals surface area contributed by atoms with Crippen LogP contribution in [0.25, 0.3) is 0 Å². The molecule has 0 amide bonds. The number of methoxy groups -OCH3 is 1. The molecule has 2 nitrogen and oxygen atoms in total. The highest BCUT2D eigenvalue weighted by atomic mass is 16.5. The van der Waals surface area contributed by atoms with E-state index in [1.165, 1.54) is 0 Å². The van der Waals surface area contributed by atoms with Gasteiger partial charge in [0, 0.05) is 13.5 Å². The van der Waals surface area contributed by atoms with E-state index in [9.17, 15) is 4.79 Å². The van der Waals surface area contributed by atoms with Crippen LogP contribution in [0.1, 0.15) is 60.8 Å². The van der Waals surface area contributed by atoms with E-state index in [0.29, 0.717) is 24.7 Å². The van der Waals surface area contributed by atoms with Crippen LogP contribution in [-0.4, -0.2) is 19.5 Å². The minimum atomic E-state index is -0.295. The van der Waals surface area contributed by atoms with E-state index in [1.807, 2.05) is 0 Å². The zero-order valence-electron chi connectivity index (χ0n) is 12.7. The predicted octanol–water partition coefficient (Wildman–Crippen LogP) is 4.08. The van der Waals surface area contributed by atoms with Gasteiger partial charge in [0.05, 0.1) is 12.0 Å². The molecule has 0 bridgehead atoms. The molecule has 0 heterocycles. The van der Waals surface area contributed by atoms with Crippen molar-refractivity contribution in [2.75, 3.05) is 13.7 Å². The molecule has 0 fully saturated rings. The van der Waals surface area contributed by atoms with Gasteiger partial charge < -0.3 is 4.74 Å². The van der Waals surface area contributed by atoms with Gasteiger partial charge in [-0.05, 0) is 17.8 Å². The fraction of sp³-hybridized carbons (Fsp3) is 0.933. The lowest BCUT2D eigenvalue weighted by Crippen LogP contribution is -2.42. The standard InChI is InChI=1S/C15H30O2/c1-8-9-15(11-17-7,12(2)3)13(16)10-14(4,5)6/h12H,8-11H2,1-7H3. The number of carbonyl (C=O) groups is 1. The summed E-state index contributed by atoms with van der Waals surface area (Å²) >= 11 is 0. The largest absolute Gasteiger partial charge is 0.384 e. The van der Waals surface area contributed by atoms with Gasteiger partial charge in [0.25, 0.3) is 0 Å². The molecule has 0 aromatic rings. The van der Waals surface area contributed by atoms with E-state index in [1.54, 1.807) is 7.11 Å². The number of ketones is 1. The first kappa shape index (κ1) is 16.6. The third kappa shape index (κ3) is 4.79. The van der Waals surface area contributed by atoms with Gasteiger partial charge in [0.1, 0.15) is 5.78 Å². The van der Waals surface area contributed by atoms with Crippen molar-refractivity contribution in [2.45, 2.75) is 60.8 Å². The quantitative estimate of drug-likeness (QED) is 0.672. The molecule has 0 spiro atoms. The number of carbonyl (C=O) groups excluding carboxylic acids is 1. The minimum Gasteiger partial charge on any atom is -0.384 e. The summed E-state index contributed by atoms with van der Waals surface area (Å²) < 4.78 is 5.34. The Bertz CT molecular complexity index is 230. The molecule has 0 radical (unpaired) electrons. The van der Waals surface area contributed by atoms with Gasteiger partial charge in [-0.15, -0.1) is 0 Å². The number of ether oxygens (including phenoxy) is 1. The number of Topliss-reactive ketones (excluding diaryl/α,β-unsaturated/α-hetero) is 1. The molecule has 0 aliphatic carbocycles. The smallest absolute Gasteiger partial charge is 0.142 e. The van der Waals surface area contributed by atoms with Gasteiger partial charge in [-0.2, -0.15) is 0 Å². The van der Waals surface area contributed by atoms with Crippen LogP contribution in [0.2, 0.25) is 0 Å². The number of rotatable bonds is 7. The van der Waals surface area contributed by atoms with E-state index in [2.05, 4.69) is 41.5 Å². The van der Waals surface area contributed by atoms with Crippen molar-refractivity contribution < 1.29 is 9.53 Å². The number of hydrogen-bond acceptors (Lipinski definition) is 2. The third-order valence-corrected chi connectivity index (χ3v) is 3.45. The second-order valence-corrected chi connectivity index (χ2v) is 6.65. The van der Waals surface area contributed by atoms with Gasteiger partial charge in [-0.3, -0.25) is 4.79 Å². The van der Waals surface area contributed by atoms with Crippen molar-refractivity contribution in [3.63, 3.8) is 0 Å². The van der Waals surface area contributed by atoms with Gasteiger partial charge in [0.15, 0.2) is 0 Å². The van der Waals surface area contributed by atoms with Gasteiger partial charge >= 0.3 is 0 Å². The van der Waals surface area contributed by atoms with Gasteiger partial charge in [-0.25, -0.2) is 0 Å². The predicted molar refractivity (Wildman–Crippen MR) is 73.1 cm³/mol. The Labute approximate surface area is 107 Å². The fourth-order valence-corrected chi connectivity index (χ4v) is 2.43. The van der Waals surface area contributed by atoms with Crippen molar-refractivity contribution in [2.24, 2.45) is 16.7 Å². The molecule has 0 rings (SSSR count). The molecule has 17 heavy (non-hydrogen) atoms. The van der Waals surface area contributed by atoms with Crippen LogP contribution in [0.4, 0.5) is 0 Å². The molecule has 0 aliphatic heterocycles. The van der Waals surface area contributed by atoms with E-state index >= 15 is 0 Å². The first-order valence-corrected chi connectivity index (χ1v) is 6.72. The molecular formula is C15H30O2. The highest BCUT2D eigenvalue weighted by Gasteiger charge is 2.41. The van der Waals surface area contributed by atoms with Crippen molar-refractivity contribution in [1.82, 2.24) is 0 Å². The third-order valence-electron chi connectivity index (χ3n) is 3.45. The molecule has 0 saturated heterocycles. The van der Waals surface area contributed by atoms with Crippen molar-refractivity contribution in [3.05, 3.63) is 0 Å². The summed E-state index contributed by atoms with van der Waals surface area (Å²) in [6.07, 6.45) is 2.58. The summed E-state index contributed by atoms with van der Waals surface area (Å²) in [4.78, 5) is 12.6. The van der Waals surface area contributed by atoms with Crippen LogP contribution in [0.15, 0.2) is 0 Å². The maximum atomic E-state index is 12.6. The Balaban J connectivity index is 5.06. The Morgan fingerprint density at radius 3 is 2.06 bits per heavy atom. The summed E-state index contributed by atoms with van der Waals surface area (Å²) in [6, 6.07) is 0. The monoisotopic (exact) mass is 242 g/mol. The molecular weight excluding hydrogens is 212 g/mol. The SMILES string of the molecule is CCCC(COC)(C(=O)CC(C)(C)C)C(C)C. The second kappa shape index (κ2) is 6.53. The minimum absolute atomic E-state index is 0.0543. The molecule has 0 aromatic carbocycles. The maximum Gasteiger partial charge on any atom is 0.142 e. The molecule has 0 aliphatic rings. The van der Waals surface area contributed by atoms with E-state index in [-0.39, 0.29) is 10.8 Å². The van der Waals surface area contributed by atoms with Crippen molar-refractivity contribution in [1.29, 1.82) is 0 Å². The Hall–Kier alpha value is -0.370. The second-order valence-electron chi connectivity index (χ2n) is 6.65. The molecule has 1 atom stereocenters. The average molecular weight is 242 g/mol. The van der Waals surface area contributed by atoms with Crippen molar-refractivity contribution >= 4 is 5.78 Å². The summed E-state index contributed by atoms with van der Waals surface area (Å²) in [5.41, 5.74) is -0.241. The van der Waals surface area contributed by atoms with Gasteiger partial charge in [-0.1, -0.05) is 48.0 Å².